The molecule has 3 aromatic rings. The number of nitrogens with one attached hydrogen (secondary N) is 1. The zero-order valence-electron chi connectivity index (χ0n) is 18.8. The van der Waals surface area contributed by atoms with E-state index in [-0.39, 0.29) is 28.7 Å². The van der Waals surface area contributed by atoms with Gasteiger partial charge in [0.05, 0.1) is 32.3 Å². The zero-order chi connectivity index (χ0) is 23.5. The Morgan fingerprint density at radius 3 is 2.27 bits per heavy atom. The molecule has 1 saturated carbocycles. The SMILES string of the molecule is COc1cc(-c2c(NC(=O)C3CCCCC3)oc3ccc(Cl)cc3c2=O)cc(OC)c1OC. The van der Waals surface area contributed by atoms with Crippen LogP contribution >= 0.6 is 11.6 Å². The fraction of sp³-hybridized carbons (Fsp3) is 0.360. The molecule has 1 aromatic heterocycles. The summed E-state index contributed by atoms with van der Waals surface area (Å²) < 4.78 is 22.4. The van der Waals surface area contributed by atoms with Gasteiger partial charge in [0.25, 0.3) is 0 Å². The third-order valence-electron chi connectivity index (χ3n) is 6.02. The monoisotopic (exact) mass is 471 g/mol. The van der Waals surface area contributed by atoms with Gasteiger partial charge >= 0.3 is 0 Å². The predicted octanol–water partition coefficient (Wildman–Crippen LogP) is 5.66. The lowest BCUT2D eigenvalue weighted by atomic mass is 9.88. The number of benzene rings is 2. The molecular weight excluding hydrogens is 446 g/mol. The van der Waals surface area contributed by atoms with E-state index >= 15 is 0 Å². The molecule has 7 nitrogen and oxygen atoms in total. The van der Waals surface area contributed by atoms with Crippen LogP contribution < -0.4 is 25.0 Å². The average molecular weight is 472 g/mol. The molecule has 1 aliphatic carbocycles. The fourth-order valence-corrected chi connectivity index (χ4v) is 4.49. The molecule has 1 amide bonds. The Balaban J connectivity index is 1.92. The number of hydrogen-bond donors (Lipinski definition) is 1. The second-order valence-electron chi connectivity index (χ2n) is 8.01. The van der Waals surface area contributed by atoms with Crippen LogP contribution in [0, 0.1) is 5.92 Å². The first-order chi connectivity index (χ1) is 16.0. The molecule has 1 heterocycles. The van der Waals surface area contributed by atoms with Crippen molar-refractivity contribution in [3.63, 3.8) is 0 Å². The smallest absolute Gasteiger partial charge is 0.229 e. The summed E-state index contributed by atoms with van der Waals surface area (Å²) in [6.45, 7) is 0. The fourth-order valence-electron chi connectivity index (χ4n) is 4.32. The van der Waals surface area contributed by atoms with Crippen LogP contribution in [0.2, 0.25) is 5.02 Å². The summed E-state index contributed by atoms with van der Waals surface area (Å²) in [7, 11) is 4.49. The standard InChI is InChI=1S/C25H26ClNO6/c1-30-19-11-15(12-20(31-2)23(19)32-3)21-22(28)17-13-16(26)9-10-18(17)33-25(21)27-24(29)14-7-5-4-6-8-14/h9-14H,4-8H2,1-3H3,(H,27,29). The van der Waals surface area contributed by atoms with Crippen LogP contribution in [0.25, 0.3) is 22.1 Å². The molecule has 0 bridgehead atoms. The highest BCUT2D eigenvalue weighted by Crippen LogP contribution is 2.42. The minimum absolute atomic E-state index is 0.0830. The second kappa shape index (κ2) is 9.75. The van der Waals surface area contributed by atoms with Gasteiger partial charge in [-0.05, 0) is 48.7 Å². The van der Waals surface area contributed by atoms with Crippen molar-refractivity contribution in [2.45, 2.75) is 32.1 Å². The maximum Gasteiger partial charge on any atom is 0.229 e. The van der Waals surface area contributed by atoms with Crippen molar-refractivity contribution in [2.24, 2.45) is 5.92 Å². The molecule has 0 saturated heterocycles. The molecule has 0 radical (unpaired) electrons. The van der Waals surface area contributed by atoms with Crippen molar-refractivity contribution < 1.29 is 23.4 Å². The van der Waals surface area contributed by atoms with Gasteiger partial charge in [-0.15, -0.1) is 0 Å². The first-order valence-electron chi connectivity index (χ1n) is 10.8. The number of halogens is 1. The van der Waals surface area contributed by atoms with Crippen LogP contribution in [0.5, 0.6) is 17.2 Å². The minimum Gasteiger partial charge on any atom is -0.493 e. The molecular formula is C25H26ClNO6. The summed E-state index contributed by atoms with van der Waals surface area (Å²) in [6.07, 6.45) is 4.79. The number of hydrogen-bond acceptors (Lipinski definition) is 6. The number of fused-ring (bicyclic) bond motifs is 1. The maximum absolute atomic E-state index is 13.6. The molecule has 0 unspecified atom stereocenters. The number of amides is 1. The van der Waals surface area contributed by atoms with Gasteiger partial charge in [-0.3, -0.25) is 14.9 Å². The van der Waals surface area contributed by atoms with Crippen LogP contribution in [0.1, 0.15) is 32.1 Å². The summed E-state index contributed by atoms with van der Waals surface area (Å²) >= 11 is 6.14. The molecule has 1 N–H and O–H groups in total. The van der Waals surface area contributed by atoms with E-state index in [0.717, 1.165) is 32.1 Å². The van der Waals surface area contributed by atoms with Crippen LogP contribution in [-0.2, 0) is 4.79 Å². The normalized spacial score (nSPS) is 14.2. The average Bonchev–Trinajstić information content (AvgIpc) is 2.84. The Labute approximate surface area is 196 Å². The number of methoxy groups -OCH3 is 3. The van der Waals surface area contributed by atoms with Crippen molar-refractivity contribution >= 4 is 34.4 Å². The van der Waals surface area contributed by atoms with Crippen molar-refractivity contribution in [1.82, 2.24) is 0 Å². The molecule has 0 atom stereocenters. The van der Waals surface area contributed by atoms with Gasteiger partial charge in [-0.2, -0.15) is 0 Å². The number of carbonyl (C=O) groups excluding carboxylic acids is 1. The number of anilines is 1. The highest BCUT2D eigenvalue weighted by atomic mass is 35.5. The van der Waals surface area contributed by atoms with Gasteiger partial charge in [0.1, 0.15) is 5.58 Å². The van der Waals surface area contributed by atoms with E-state index in [4.69, 9.17) is 30.2 Å². The summed E-state index contributed by atoms with van der Waals surface area (Å²) in [4.78, 5) is 26.7. The molecule has 2 aromatic carbocycles. The van der Waals surface area contributed by atoms with E-state index in [1.54, 1.807) is 30.3 Å². The maximum atomic E-state index is 13.6. The van der Waals surface area contributed by atoms with E-state index in [2.05, 4.69) is 5.32 Å². The van der Waals surface area contributed by atoms with E-state index in [0.29, 0.717) is 38.8 Å². The van der Waals surface area contributed by atoms with Gasteiger partial charge in [0.15, 0.2) is 11.5 Å². The number of rotatable bonds is 6. The first-order valence-corrected chi connectivity index (χ1v) is 11.2. The first kappa shape index (κ1) is 23.0. The van der Waals surface area contributed by atoms with Crippen molar-refractivity contribution in [2.75, 3.05) is 26.6 Å². The lowest BCUT2D eigenvalue weighted by Gasteiger charge is -2.21. The lowest BCUT2D eigenvalue weighted by Crippen LogP contribution is -2.26. The molecule has 0 aliphatic heterocycles. The topological polar surface area (TPSA) is 87.0 Å². The highest BCUT2D eigenvalue weighted by molar-refractivity contribution is 6.31. The third kappa shape index (κ3) is 4.50. The summed E-state index contributed by atoms with van der Waals surface area (Å²) in [5.74, 6) is 0.964. The van der Waals surface area contributed by atoms with Crippen molar-refractivity contribution in [3.05, 3.63) is 45.6 Å². The van der Waals surface area contributed by atoms with Crippen LogP contribution in [0.15, 0.2) is 39.5 Å². The Bertz CT molecular complexity index is 1220. The van der Waals surface area contributed by atoms with Gasteiger partial charge in [0.2, 0.25) is 23.0 Å². The lowest BCUT2D eigenvalue weighted by molar-refractivity contribution is -0.120. The number of carbonyl (C=O) groups is 1. The molecule has 1 fully saturated rings. The van der Waals surface area contributed by atoms with Gasteiger partial charge in [-0.25, -0.2) is 0 Å². The van der Waals surface area contributed by atoms with E-state index in [1.165, 1.54) is 21.3 Å². The number of ether oxygens (including phenoxy) is 3. The molecule has 33 heavy (non-hydrogen) atoms. The van der Waals surface area contributed by atoms with Gasteiger partial charge in [0, 0.05) is 10.9 Å². The Morgan fingerprint density at radius 1 is 1.00 bits per heavy atom. The summed E-state index contributed by atoms with van der Waals surface area (Å²) in [6, 6.07) is 8.12. The van der Waals surface area contributed by atoms with Crippen LogP contribution in [0.4, 0.5) is 5.88 Å². The predicted molar refractivity (Wildman–Crippen MR) is 128 cm³/mol. The quantitative estimate of drug-likeness (QED) is 0.499. The minimum atomic E-state index is -0.327. The Hall–Kier alpha value is -3.19. The highest BCUT2D eigenvalue weighted by Gasteiger charge is 2.26. The van der Waals surface area contributed by atoms with Crippen LogP contribution in [0.3, 0.4) is 0 Å². The van der Waals surface area contributed by atoms with Gasteiger partial charge < -0.3 is 18.6 Å². The van der Waals surface area contributed by atoms with Gasteiger partial charge in [-0.1, -0.05) is 30.9 Å². The van der Waals surface area contributed by atoms with E-state index < -0.39 is 0 Å². The molecule has 8 heteroatoms. The van der Waals surface area contributed by atoms with Crippen LogP contribution in [-0.4, -0.2) is 27.2 Å². The molecule has 174 valence electrons. The summed E-state index contributed by atoms with van der Waals surface area (Å²) in [5, 5.41) is 3.59. The van der Waals surface area contributed by atoms with Crippen molar-refractivity contribution in [3.8, 4) is 28.4 Å². The largest absolute Gasteiger partial charge is 0.493 e. The Kier molecular flexibility index (Phi) is 6.79. The molecule has 1 aliphatic rings. The second-order valence-corrected chi connectivity index (χ2v) is 8.45. The zero-order valence-corrected chi connectivity index (χ0v) is 19.6. The summed E-state index contributed by atoms with van der Waals surface area (Å²) in [5.41, 5.74) is 0.652. The Morgan fingerprint density at radius 2 is 1.67 bits per heavy atom. The van der Waals surface area contributed by atoms with Crippen molar-refractivity contribution in [1.29, 1.82) is 0 Å². The van der Waals surface area contributed by atoms with E-state index in [1.807, 2.05) is 0 Å². The van der Waals surface area contributed by atoms with E-state index in [9.17, 15) is 9.59 Å². The molecule has 4 rings (SSSR count). The molecule has 0 spiro atoms. The third-order valence-corrected chi connectivity index (χ3v) is 6.25.